The van der Waals surface area contributed by atoms with Crippen LogP contribution in [0.25, 0.3) is 0 Å². The molecule has 0 spiro atoms. The Balaban J connectivity index is 2.74. The van der Waals surface area contributed by atoms with E-state index in [9.17, 15) is 18.0 Å². The summed E-state index contributed by atoms with van der Waals surface area (Å²) in [5.74, 6) is -1.51. The van der Waals surface area contributed by atoms with E-state index in [1.54, 1.807) is 14.1 Å². The highest BCUT2D eigenvalue weighted by Crippen LogP contribution is 2.21. The van der Waals surface area contributed by atoms with Gasteiger partial charge >= 0.3 is 5.97 Å². The van der Waals surface area contributed by atoms with Crippen molar-refractivity contribution in [3.05, 3.63) is 16.3 Å². The summed E-state index contributed by atoms with van der Waals surface area (Å²) in [6, 6.07) is 1.23. The first-order valence-electron chi connectivity index (χ1n) is 5.26. The molecule has 0 aliphatic rings. The number of aromatic carboxylic acids is 1. The van der Waals surface area contributed by atoms with Crippen molar-refractivity contribution in [3.8, 4) is 0 Å². The Labute approximate surface area is 114 Å². The van der Waals surface area contributed by atoms with Gasteiger partial charge in [-0.3, -0.25) is 4.79 Å². The zero-order valence-corrected chi connectivity index (χ0v) is 12.0. The average Bonchev–Trinajstić information content (AvgIpc) is 2.77. The van der Waals surface area contributed by atoms with Crippen molar-refractivity contribution in [2.45, 2.75) is 11.3 Å². The Morgan fingerprint density at radius 1 is 1.42 bits per heavy atom. The van der Waals surface area contributed by atoms with Crippen LogP contribution in [0.2, 0.25) is 0 Å². The summed E-state index contributed by atoms with van der Waals surface area (Å²) < 4.78 is 26.0. The van der Waals surface area contributed by atoms with E-state index in [2.05, 4.69) is 4.72 Å². The zero-order chi connectivity index (χ0) is 14.6. The summed E-state index contributed by atoms with van der Waals surface area (Å²) in [6.45, 7) is -0.0751. The van der Waals surface area contributed by atoms with Crippen molar-refractivity contribution in [3.63, 3.8) is 0 Å². The third kappa shape index (κ3) is 4.01. The van der Waals surface area contributed by atoms with Crippen LogP contribution in [0.1, 0.15) is 16.1 Å². The minimum absolute atomic E-state index is 0.0127. The fourth-order valence-electron chi connectivity index (χ4n) is 1.26. The van der Waals surface area contributed by atoms with Gasteiger partial charge in [-0.05, 0) is 11.4 Å². The lowest BCUT2D eigenvalue weighted by Gasteiger charge is -2.10. The monoisotopic (exact) mass is 306 g/mol. The molecule has 9 heteroatoms. The van der Waals surface area contributed by atoms with Crippen molar-refractivity contribution in [2.75, 3.05) is 20.6 Å². The normalized spacial score (nSPS) is 11.3. The second-order valence-corrected chi connectivity index (χ2v) is 6.51. The van der Waals surface area contributed by atoms with Crippen molar-refractivity contribution < 1.29 is 23.1 Å². The third-order valence-corrected chi connectivity index (χ3v) is 4.78. The first-order valence-corrected chi connectivity index (χ1v) is 7.62. The van der Waals surface area contributed by atoms with E-state index in [1.807, 2.05) is 0 Å². The highest BCUT2D eigenvalue weighted by Gasteiger charge is 2.23. The van der Waals surface area contributed by atoms with Crippen molar-refractivity contribution in [1.29, 1.82) is 0 Å². The van der Waals surface area contributed by atoms with Gasteiger partial charge in [-0.1, -0.05) is 0 Å². The molecular weight excluding hydrogens is 292 g/mol. The number of carboxylic acids is 1. The van der Waals surface area contributed by atoms with Crippen LogP contribution in [-0.2, 0) is 14.8 Å². The molecule has 0 radical (unpaired) electrons. The number of carbonyl (C=O) groups is 2. The smallest absolute Gasteiger partial charge is 0.347 e. The molecule has 0 atom stereocenters. The number of amides is 1. The second-order valence-electron chi connectivity index (χ2n) is 3.86. The van der Waals surface area contributed by atoms with E-state index in [4.69, 9.17) is 5.11 Å². The SMILES string of the molecule is CN(C)C(=O)CCNS(=O)(=O)c1ccsc1C(=O)O. The number of sulfonamides is 1. The molecule has 0 aromatic carbocycles. The standard InChI is InChI=1S/C10H14N2O5S2/c1-12(2)8(13)3-5-11-19(16,17)7-4-6-18-9(7)10(14)15/h4,6,11H,3,5H2,1-2H3,(H,14,15). The fraction of sp³-hybridized carbons (Fsp3) is 0.400. The molecule has 1 amide bonds. The number of hydrogen-bond acceptors (Lipinski definition) is 5. The van der Waals surface area contributed by atoms with Gasteiger partial charge in [0.1, 0.15) is 9.77 Å². The highest BCUT2D eigenvalue weighted by molar-refractivity contribution is 7.89. The quantitative estimate of drug-likeness (QED) is 0.781. The maximum atomic E-state index is 11.9. The van der Waals surface area contributed by atoms with Gasteiger partial charge in [0.25, 0.3) is 0 Å². The van der Waals surface area contributed by atoms with Gasteiger partial charge in [0.15, 0.2) is 0 Å². The van der Waals surface area contributed by atoms with Gasteiger partial charge in [-0.15, -0.1) is 11.3 Å². The molecule has 0 fully saturated rings. The first-order chi connectivity index (χ1) is 8.75. The maximum absolute atomic E-state index is 11.9. The van der Waals surface area contributed by atoms with Crippen LogP contribution >= 0.6 is 11.3 Å². The third-order valence-electron chi connectivity index (χ3n) is 2.24. The van der Waals surface area contributed by atoms with Gasteiger partial charge in [0.2, 0.25) is 15.9 Å². The van der Waals surface area contributed by atoms with Crippen molar-refractivity contribution >= 4 is 33.2 Å². The predicted molar refractivity (Wildman–Crippen MR) is 69.8 cm³/mol. The molecule has 0 bridgehead atoms. The number of carboxylic acid groups (broad SMARTS) is 1. The molecule has 2 N–H and O–H groups in total. The van der Waals surface area contributed by atoms with Crippen LogP contribution in [0.15, 0.2) is 16.3 Å². The van der Waals surface area contributed by atoms with E-state index in [0.29, 0.717) is 0 Å². The Morgan fingerprint density at radius 3 is 2.58 bits per heavy atom. The number of nitrogens with zero attached hydrogens (tertiary/aromatic N) is 1. The van der Waals surface area contributed by atoms with Crippen LogP contribution in [0.3, 0.4) is 0 Å². The lowest BCUT2D eigenvalue weighted by molar-refractivity contribution is -0.128. The van der Waals surface area contributed by atoms with Gasteiger partial charge in [-0.25, -0.2) is 17.9 Å². The summed E-state index contributed by atoms with van der Waals surface area (Å²) in [4.78, 5) is 23.0. The van der Waals surface area contributed by atoms with Crippen LogP contribution in [0.4, 0.5) is 0 Å². The molecule has 0 saturated heterocycles. The molecule has 1 heterocycles. The number of carbonyl (C=O) groups excluding carboxylic acids is 1. The summed E-state index contributed by atoms with van der Waals surface area (Å²) in [6.07, 6.45) is 0.0127. The summed E-state index contributed by atoms with van der Waals surface area (Å²) in [5.41, 5.74) is 0. The average molecular weight is 306 g/mol. The number of rotatable bonds is 6. The molecule has 0 saturated carbocycles. The molecule has 0 unspecified atom stereocenters. The van der Waals surface area contributed by atoms with Crippen molar-refractivity contribution in [1.82, 2.24) is 9.62 Å². The Morgan fingerprint density at radius 2 is 2.05 bits per heavy atom. The molecule has 1 aromatic rings. The molecule has 1 rings (SSSR count). The van der Waals surface area contributed by atoms with Gasteiger partial charge in [0, 0.05) is 27.1 Å². The van der Waals surface area contributed by atoms with Crippen molar-refractivity contribution in [2.24, 2.45) is 0 Å². The van der Waals surface area contributed by atoms with Gasteiger partial charge in [-0.2, -0.15) is 0 Å². The Kier molecular flexibility index (Phi) is 5.04. The number of nitrogens with one attached hydrogen (secondary N) is 1. The molecule has 106 valence electrons. The fourth-order valence-corrected chi connectivity index (χ4v) is 3.55. The largest absolute Gasteiger partial charge is 0.477 e. The Bertz CT molecular complexity index is 576. The summed E-state index contributed by atoms with van der Waals surface area (Å²) in [7, 11) is -0.770. The number of hydrogen-bond donors (Lipinski definition) is 2. The summed E-state index contributed by atoms with van der Waals surface area (Å²) in [5, 5.41) is 10.3. The van der Waals surface area contributed by atoms with Crippen LogP contribution < -0.4 is 4.72 Å². The lowest BCUT2D eigenvalue weighted by atomic mass is 10.4. The maximum Gasteiger partial charge on any atom is 0.347 e. The number of thiophene rings is 1. The molecule has 7 nitrogen and oxygen atoms in total. The molecule has 0 aliphatic heterocycles. The van der Waals surface area contributed by atoms with Crippen LogP contribution in [-0.4, -0.2) is 50.9 Å². The minimum Gasteiger partial charge on any atom is -0.477 e. The van der Waals surface area contributed by atoms with E-state index < -0.39 is 16.0 Å². The lowest BCUT2D eigenvalue weighted by Crippen LogP contribution is -2.30. The first kappa shape index (κ1) is 15.6. The zero-order valence-electron chi connectivity index (χ0n) is 10.4. The Hall–Kier alpha value is -1.45. The van der Waals surface area contributed by atoms with Crippen LogP contribution in [0, 0.1) is 0 Å². The van der Waals surface area contributed by atoms with Gasteiger partial charge < -0.3 is 10.0 Å². The summed E-state index contributed by atoms with van der Waals surface area (Å²) >= 11 is 0.835. The minimum atomic E-state index is -3.91. The molecule has 19 heavy (non-hydrogen) atoms. The van der Waals surface area contributed by atoms with Gasteiger partial charge in [0.05, 0.1) is 0 Å². The highest BCUT2D eigenvalue weighted by atomic mass is 32.2. The topological polar surface area (TPSA) is 104 Å². The van der Waals surface area contributed by atoms with Crippen LogP contribution in [0.5, 0.6) is 0 Å². The van der Waals surface area contributed by atoms with E-state index in [1.165, 1.54) is 16.3 Å². The van der Waals surface area contributed by atoms with E-state index in [-0.39, 0.29) is 28.6 Å². The van der Waals surface area contributed by atoms with E-state index >= 15 is 0 Å². The predicted octanol–water partition coefficient (Wildman–Crippen LogP) is 0.203. The molecule has 1 aromatic heterocycles. The van der Waals surface area contributed by atoms with E-state index in [0.717, 1.165) is 11.3 Å². The molecular formula is C10H14N2O5S2. The molecule has 0 aliphatic carbocycles. The second kappa shape index (κ2) is 6.13.